The molecule has 11 heteroatoms. The van der Waals surface area contributed by atoms with Crippen molar-refractivity contribution in [3.05, 3.63) is 71.1 Å². The van der Waals surface area contributed by atoms with Gasteiger partial charge in [-0.15, -0.1) is 0 Å². The molecule has 1 aromatic carbocycles. The third-order valence-electron chi connectivity index (χ3n) is 9.54. The zero-order valence-electron chi connectivity index (χ0n) is 24.2. The van der Waals surface area contributed by atoms with E-state index in [1.165, 1.54) is 0 Å². The average Bonchev–Trinajstić information content (AvgIpc) is 3.54. The molecule has 0 bridgehead atoms. The summed E-state index contributed by atoms with van der Waals surface area (Å²) in [7, 11) is 1.67. The molecule has 2 aromatic rings. The molecule has 3 aliphatic heterocycles. The van der Waals surface area contributed by atoms with Crippen LogP contribution in [0.4, 0.5) is 13.2 Å². The Kier molecular flexibility index (Phi) is 8.32. The van der Waals surface area contributed by atoms with Crippen molar-refractivity contribution in [1.29, 1.82) is 0 Å². The smallest absolute Gasteiger partial charge is 0.379 e. The van der Waals surface area contributed by atoms with Gasteiger partial charge in [0.2, 0.25) is 11.8 Å². The monoisotopic (exact) mass is 598 g/mol. The lowest BCUT2D eigenvalue weighted by Crippen LogP contribution is -2.52. The normalized spacial score (nSPS) is 29.1. The summed E-state index contributed by atoms with van der Waals surface area (Å²) in [5, 5.41) is 3.73. The quantitative estimate of drug-likeness (QED) is 0.511. The van der Waals surface area contributed by atoms with Gasteiger partial charge >= 0.3 is 6.18 Å². The van der Waals surface area contributed by atoms with Crippen LogP contribution in [-0.2, 0) is 38.2 Å². The van der Waals surface area contributed by atoms with Crippen molar-refractivity contribution < 1.29 is 32.2 Å². The van der Waals surface area contributed by atoms with Gasteiger partial charge in [0.25, 0.3) is 0 Å². The van der Waals surface area contributed by atoms with Crippen molar-refractivity contribution in [2.24, 2.45) is 11.3 Å². The molecule has 1 aromatic heterocycles. The first-order chi connectivity index (χ1) is 20.7. The number of amides is 2. The number of likely N-dealkylation sites (tertiary alicyclic amines) is 1. The minimum absolute atomic E-state index is 0.0439. The molecule has 0 unspecified atom stereocenters. The third-order valence-corrected chi connectivity index (χ3v) is 9.54. The molecule has 2 amide bonds. The number of aromatic nitrogens is 1. The fourth-order valence-corrected chi connectivity index (χ4v) is 7.34. The number of benzene rings is 1. The van der Waals surface area contributed by atoms with Gasteiger partial charge in [0.1, 0.15) is 0 Å². The number of alkyl halides is 3. The van der Waals surface area contributed by atoms with E-state index in [-0.39, 0.29) is 49.0 Å². The van der Waals surface area contributed by atoms with Gasteiger partial charge in [-0.25, -0.2) is 0 Å². The highest BCUT2D eigenvalue weighted by Crippen LogP contribution is 2.51. The summed E-state index contributed by atoms with van der Waals surface area (Å²) >= 11 is 0. The number of ether oxygens (including phenoxy) is 2. The summed E-state index contributed by atoms with van der Waals surface area (Å²) < 4.78 is 51.5. The zero-order chi connectivity index (χ0) is 30.2. The minimum atomic E-state index is -4.51. The molecule has 43 heavy (non-hydrogen) atoms. The van der Waals surface area contributed by atoms with Crippen molar-refractivity contribution in [3.63, 3.8) is 0 Å². The molecule has 4 heterocycles. The van der Waals surface area contributed by atoms with Crippen molar-refractivity contribution in [2.45, 2.75) is 56.6 Å². The van der Waals surface area contributed by atoms with Crippen LogP contribution in [-0.4, -0.2) is 84.7 Å². The molecule has 1 saturated carbocycles. The van der Waals surface area contributed by atoms with Gasteiger partial charge in [0.15, 0.2) is 0 Å². The van der Waals surface area contributed by atoms with Crippen molar-refractivity contribution >= 4 is 17.9 Å². The summed E-state index contributed by atoms with van der Waals surface area (Å²) in [6.45, 7) is 2.32. The molecule has 0 spiro atoms. The second-order valence-electron chi connectivity index (χ2n) is 12.2. The maximum atomic E-state index is 14.5. The van der Waals surface area contributed by atoms with E-state index in [2.05, 4.69) is 10.3 Å². The lowest BCUT2D eigenvalue weighted by Gasteiger charge is -2.37. The van der Waals surface area contributed by atoms with Crippen LogP contribution in [0.1, 0.15) is 41.6 Å². The predicted octanol–water partition coefficient (Wildman–Crippen LogP) is 3.70. The molecule has 0 radical (unpaired) electrons. The van der Waals surface area contributed by atoms with Crippen LogP contribution in [0.3, 0.4) is 0 Å². The number of hydrogen-bond acceptors (Lipinski definition) is 6. The molecule has 4 aliphatic rings. The number of halogens is 3. The van der Waals surface area contributed by atoms with E-state index in [4.69, 9.17) is 9.47 Å². The molecule has 5 atom stereocenters. The number of carbonyl (C=O) groups excluding carboxylic acids is 2. The zero-order valence-corrected chi connectivity index (χ0v) is 24.2. The first kappa shape index (κ1) is 29.8. The van der Waals surface area contributed by atoms with Crippen LogP contribution in [0.25, 0.3) is 6.08 Å². The number of pyridine rings is 1. The fraction of sp³-hybridized carbons (Fsp3) is 0.531. The van der Waals surface area contributed by atoms with Crippen molar-refractivity contribution in [2.75, 3.05) is 40.0 Å². The highest BCUT2D eigenvalue weighted by Gasteiger charge is 2.59. The maximum Gasteiger partial charge on any atom is 0.417 e. The second-order valence-corrected chi connectivity index (χ2v) is 12.2. The average molecular weight is 599 g/mol. The van der Waals surface area contributed by atoms with Crippen LogP contribution in [0.2, 0.25) is 0 Å². The summed E-state index contributed by atoms with van der Waals surface area (Å²) in [5.41, 5.74) is 0.296. The topological polar surface area (TPSA) is 84.0 Å². The lowest BCUT2D eigenvalue weighted by molar-refractivity contribution is -0.144. The van der Waals surface area contributed by atoms with Gasteiger partial charge in [0, 0.05) is 76.4 Å². The van der Waals surface area contributed by atoms with E-state index >= 15 is 0 Å². The van der Waals surface area contributed by atoms with Gasteiger partial charge in [-0.05, 0) is 48.4 Å². The molecular weight excluding hydrogens is 561 g/mol. The Morgan fingerprint density at radius 2 is 2.02 bits per heavy atom. The van der Waals surface area contributed by atoms with E-state index in [9.17, 15) is 22.8 Å². The van der Waals surface area contributed by atoms with Gasteiger partial charge in [-0.3, -0.25) is 14.6 Å². The minimum Gasteiger partial charge on any atom is -0.379 e. The molecule has 8 nitrogen and oxygen atoms in total. The standard InChI is InChI=1S/C32H37F3N4O4/c1-42-28-19-43-12-10-27(28)37-25-14-24-18-39(29(40)8-7-21-5-3-2-4-6-21)20-31(24,15-25)30(41)38-11-9-26-22(17-38)13-23(16-36-26)32(33,34)35/h2-8,13,16,24-25,27-28,37H,9-12,14-15,17-20H2,1H3/t24-,25+,27-,28+,31-/m0/s1. The molecular formula is C32H37F3N4O4. The molecule has 230 valence electrons. The van der Waals surface area contributed by atoms with Gasteiger partial charge < -0.3 is 24.6 Å². The SMILES string of the molecule is CO[C@@H]1COCC[C@@H]1N[C@@H]1C[C@H]2CN(C(=O)C=Cc3ccccc3)C[C@@]2(C(=O)N2CCc3ncc(C(F)(F)F)cc3C2)C1. The number of nitrogens with one attached hydrogen (secondary N) is 1. The Bertz CT molecular complexity index is 1370. The van der Waals surface area contributed by atoms with Gasteiger partial charge in [-0.2, -0.15) is 13.2 Å². The first-order valence-corrected chi connectivity index (χ1v) is 14.9. The summed E-state index contributed by atoms with van der Waals surface area (Å²) in [6.07, 6.45) is 2.05. The Labute approximate surface area is 249 Å². The van der Waals surface area contributed by atoms with E-state index in [1.54, 1.807) is 29.1 Å². The largest absolute Gasteiger partial charge is 0.417 e. The van der Waals surface area contributed by atoms with Gasteiger partial charge in [-0.1, -0.05) is 30.3 Å². The van der Waals surface area contributed by atoms with E-state index in [1.807, 2.05) is 30.3 Å². The second kappa shape index (κ2) is 12.0. The van der Waals surface area contributed by atoms with E-state index in [0.717, 1.165) is 30.7 Å². The Balaban J connectivity index is 1.23. The maximum absolute atomic E-state index is 14.5. The number of fused-ring (bicyclic) bond motifs is 2. The number of nitrogens with zero attached hydrogens (tertiary/aromatic N) is 3. The van der Waals surface area contributed by atoms with Crippen LogP contribution in [0, 0.1) is 11.3 Å². The number of carbonyl (C=O) groups is 2. The van der Waals surface area contributed by atoms with Crippen LogP contribution < -0.4 is 5.32 Å². The predicted molar refractivity (Wildman–Crippen MR) is 153 cm³/mol. The molecule has 6 rings (SSSR count). The van der Waals surface area contributed by atoms with Crippen LogP contribution >= 0.6 is 0 Å². The molecule has 3 fully saturated rings. The summed E-state index contributed by atoms with van der Waals surface area (Å²) in [6, 6.07) is 10.8. The van der Waals surface area contributed by atoms with E-state index < -0.39 is 17.2 Å². The lowest BCUT2D eigenvalue weighted by atomic mass is 9.78. The Morgan fingerprint density at radius 1 is 1.21 bits per heavy atom. The first-order valence-electron chi connectivity index (χ1n) is 14.9. The van der Waals surface area contributed by atoms with Crippen molar-refractivity contribution in [3.8, 4) is 0 Å². The number of methoxy groups -OCH3 is 1. The van der Waals surface area contributed by atoms with Gasteiger partial charge in [0.05, 0.1) is 23.7 Å². The van der Waals surface area contributed by atoms with Crippen LogP contribution in [0.15, 0.2) is 48.7 Å². The third kappa shape index (κ3) is 6.07. The van der Waals surface area contributed by atoms with E-state index in [0.29, 0.717) is 50.4 Å². The summed E-state index contributed by atoms with van der Waals surface area (Å²) in [5.74, 6) is -0.322. The molecule has 2 saturated heterocycles. The highest BCUT2D eigenvalue weighted by molar-refractivity contribution is 5.93. The Hall–Kier alpha value is -3.28. The number of hydrogen-bond donors (Lipinski definition) is 1. The molecule has 1 N–H and O–H groups in total. The number of rotatable bonds is 6. The Morgan fingerprint density at radius 3 is 2.79 bits per heavy atom. The molecule has 1 aliphatic carbocycles. The summed E-state index contributed by atoms with van der Waals surface area (Å²) in [4.78, 5) is 35.3. The van der Waals surface area contributed by atoms with Crippen LogP contribution in [0.5, 0.6) is 0 Å². The highest BCUT2D eigenvalue weighted by atomic mass is 19.4. The fourth-order valence-electron chi connectivity index (χ4n) is 7.34. The van der Waals surface area contributed by atoms with Crippen molar-refractivity contribution in [1.82, 2.24) is 20.1 Å².